The van der Waals surface area contributed by atoms with Crippen molar-refractivity contribution < 1.29 is 9.18 Å². The summed E-state index contributed by atoms with van der Waals surface area (Å²) in [5, 5.41) is 6.25. The van der Waals surface area contributed by atoms with Crippen LogP contribution in [0.2, 0.25) is 5.02 Å². The largest absolute Gasteiger partial charge is 0.350 e. The van der Waals surface area contributed by atoms with Gasteiger partial charge < -0.3 is 10.6 Å². The van der Waals surface area contributed by atoms with E-state index in [0.717, 1.165) is 5.56 Å². The van der Waals surface area contributed by atoms with E-state index in [1.54, 1.807) is 19.1 Å². The molecule has 0 fully saturated rings. The van der Waals surface area contributed by atoms with Gasteiger partial charge in [0.1, 0.15) is 12.4 Å². The van der Waals surface area contributed by atoms with Crippen LogP contribution in [0.25, 0.3) is 0 Å². The highest BCUT2D eigenvalue weighted by Gasteiger charge is 2.12. The van der Waals surface area contributed by atoms with Gasteiger partial charge in [-0.05, 0) is 42.8 Å². The number of amides is 1. The summed E-state index contributed by atoms with van der Waals surface area (Å²) >= 11 is 6.08. The van der Waals surface area contributed by atoms with Crippen LogP contribution in [-0.2, 0) is 17.9 Å². The van der Waals surface area contributed by atoms with Gasteiger partial charge in [0.2, 0.25) is 11.9 Å². The van der Waals surface area contributed by atoms with E-state index < -0.39 is 0 Å². The van der Waals surface area contributed by atoms with E-state index in [2.05, 4.69) is 15.6 Å². The van der Waals surface area contributed by atoms with E-state index in [0.29, 0.717) is 16.4 Å². The molecule has 3 rings (SSSR count). The molecule has 0 atom stereocenters. The number of aryl methyl sites for hydroxylation is 1. The first kappa shape index (κ1) is 19.6. The van der Waals surface area contributed by atoms with Crippen molar-refractivity contribution >= 4 is 29.1 Å². The topological polar surface area (TPSA) is 76.0 Å². The number of benzene rings is 2. The maximum atomic E-state index is 13.1. The first-order valence-corrected chi connectivity index (χ1v) is 8.91. The Balaban J connectivity index is 1.77. The summed E-state index contributed by atoms with van der Waals surface area (Å²) in [6, 6.07) is 14.1. The molecule has 0 saturated heterocycles. The number of nitrogens with one attached hydrogen (secondary N) is 2. The predicted octanol–water partition coefficient (Wildman–Crippen LogP) is 3.40. The molecule has 2 N–H and O–H groups in total. The molecule has 0 aliphatic carbocycles. The van der Waals surface area contributed by atoms with Gasteiger partial charge in [-0.15, -0.1) is 0 Å². The lowest BCUT2D eigenvalue weighted by Crippen LogP contribution is -2.33. The molecule has 0 aliphatic rings. The fourth-order valence-electron chi connectivity index (χ4n) is 2.57. The molecule has 2 aromatic carbocycles. The molecule has 0 spiro atoms. The maximum Gasteiger partial charge on any atom is 0.255 e. The molecule has 28 heavy (non-hydrogen) atoms. The molecule has 6 nitrogen and oxygen atoms in total. The monoisotopic (exact) mass is 400 g/mol. The van der Waals surface area contributed by atoms with Crippen molar-refractivity contribution in [2.24, 2.45) is 0 Å². The second-order valence-electron chi connectivity index (χ2n) is 6.15. The maximum absolute atomic E-state index is 13.1. The first-order valence-electron chi connectivity index (χ1n) is 8.53. The summed E-state index contributed by atoms with van der Waals surface area (Å²) < 4.78 is 14.3. The number of hydrogen-bond acceptors (Lipinski definition) is 4. The van der Waals surface area contributed by atoms with Crippen molar-refractivity contribution in [1.29, 1.82) is 0 Å². The molecular weight excluding hydrogens is 383 g/mol. The zero-order valence-corrected chi connectivity index (χ0v) is 15.8. The molecule has 0 radical (unpaired) electrons. The molecule has 0 bridgehead atoms. The van der Waals surface area contributed by atoms with Crippen LogP contribution in [0.5, 0.6) is 0 Å². The van der Waals surface area contributed by atoms with E-state index in [1.807, 2.05) is 12.1 Å². The Labute approximate surface area is 166 Å². The van der Waals surface area contributed by atoms with Gasteiger partial charge in [0.05, 0.1) is 0 Å². The van der Waals surface area contributed by atoms with Crippen LogP contribution in [-0.4, -0.2) is 15.5 Å². The van der Waals surface area contributed by atoms with Gasteiger partial charge in [-0.2, -0.15) is 0 Å². The molecule has 1 heterocycles. The molecule has 0 saturated carbocycles. The Kier molecular flexibility index (Phi) is 6.06. The van der Waals surface area contributed by atoms with E-state index in [-0.39, 0.29) is 36.3 Å². The lowest BCUT2D eigenvalue weighted by atomic mass is 10.2. The quantitative estimate of drug-likeness (QED) is 0.665. The smallest absolute Gasteiger partial charge is 0.255 e. The van der Waals surface area contributed by atoms with Crippen LogP contribution in [0.3, 0.4) is 0 Å². The van der Waals surface area contributed by atoms with Gasteiger partial charge >= 0.3 is 0 Å². The minimum absolute atomic E-state index is 0.199. The van der Waals surface area contributed by atoms with Crippen LogP contribution >= 0.6 is 11.6 Å². The van der Waals surface area contributed by atoms with Gasteiger partial charge in [0, 0.05) is 29.0 Å². The molecular formula is C20H18ClFN4O2. The number of rotatable bonds is 6. The SMILES string of the molecule is Cc1cc(=O)n(CC(=O)NCc2ccccc2Cl)c(Nc2ccc(F)cc2)n1. The fourth-order valence-corrected chi connectivity index (χ4v) is 2.77. The van der Waals surface area contributed by atoms with Crippen molar-refractivity contribution in [3.63, 3.8) is 0 Å². The van der Waals surface area contributed by atoms with E-state index >= 15 is 0 Å². The van der Waals surface area contributed by atoms with Crippen molar-refractivity contribution in [2.45, 2.75) is 20.0 Å². The minimum Gasteiger partial charge on any atom is -0.350 e. The average Bonchev–Trinajstić information content (AvgIpc) is 2.65. The summed E-state index contributed by atoms with van der Waals surface area (Å²) in [6.45, 7) is 1.70. The van der Waals surface area contributed by atoms with Gasteiger partial charge in [0.25, 0.3) is 5.56 Å². The van der Waals surface area contributed by atoms with Crippen molar-refractivity contribution in [2.75, 3.05) is 5.32 Å². The number of carbonyl (C=O) groups excluding carboxylic acids is 1. The second kappa shape index (κ2) is 8.67. The third kappa shape index (κ3) is 4.95. The molecule has 3 aromatic rings. The Bertz CT molecular complexity index is 1050. The molecule has 0 aliphatic heterocycles. The van der Waals surface area contributed by atoms with E-state index in [9.17, 15) is 14.0 Å². The van der Waals surface area contributed by atoms with Crippen molar-refractivity contribution in [1.82, 2.24) is 14.9 Å². The molecule has 8 heteroatoms. The number of aromatic nitrogens is 2. The van der Waals surface area contributed by atoms with Crippen LogP contribution in [0.4, 0.5) is 16.0 Å². The molecule has 1 aromatic heterocycles. The fraction of sp³-hybridized carbons (Fsp3) is 0.150. The summed E-state index contributed by atoms with van der Waals surface area (Å²) in [5.41, 5.74) is 1.45. The number of carbonyl (C=O) groups is 1. The van der Waals surface area contributed by atoms with Crippen LogP contribution in [0.1, 0.15) is 11.3 Å². The van der Waals surface area contributed by atoms with Crippen LogP contribution in [0, 0.1) is 12.7 Å². The zero-order chi connectivity index (χ0) is 20.1. The zero-order valence-electron chi connectivity index (χ0n) is 15.1. The molecule has 144 valence electrons. The highest BCUT2D eigenvalue weighted by atomic mass is 35.5. The highest BCUT2D eigenvalue weighted by molar-refractivity contribution is 6.31. The first-order chi connectivity index (χ1) is 13.4. The van der Waals surface area contributed by atoms with Gasteiger partial charge in [-0.25, -0.2) is 9.37 Å². The highest BCUT2D eigenvalue weighted by Crippen LogP contribution is 2.16. The van der Waals surface area contributed by atoms with Gasteiger partial charge in [-0.3, -0.25) is 14.2 Å². The molecule has 0 unspecified atom stereocenters. The number of hydrogen-bond donors (Lipinski definition) is 2. The summed E-state index contributed by atoms with van der Waals surface area (Å²) in [7, 11) is 0. The third-order valence-electron chi connectivity index (χ3n) is 3.97. The minimum atomic E-state index is -0.376. The Morgan fingerprint density at radius 1 is 1.18 bits per heavy atom. The van der Waals surface area contributed by atoms with Crippen molar-refractivity contribution in [3.05, 3.63) is 87.0 Å². The van der Waals surface area contributed by atoms with Crippen molar-refractivity contribution in [3.8, 4) is 0 Å². The summed E-state index contributed by atoms with van der Waals surface area (Å²) in [4.78, 5) is 29.0. The summed E-state index contributed by atoms with van der Waals surface area (Å²) in [5.74, 6) is -0.543. The average molecular weight is 401 g/mol. The van der Waals surface area contributed by atoms with E-state index in [4.69, 9.17) is 11.6 Å². The number of halogens is 2. The van der Waals surface area contributed by atoms with Gasteiger partial charge in [-0.1, -0.05) is 29.8 Å². The normalized spacial score (nSPS) is 10.5. The molecule has 1 amide bonds. The number of nitrogens with zero attached hydrogens (tertiary/aromatic N) is 2. The lowest BCUT2D eigenvalue weighted by molar-refractivity contribution is -0.121. The Morgan fingerprint density at radius 3 is 2.61 bits per heavy atom. The number of anilines is 2. The Hall–Kier alpha value is -3.19. The third-order valence-corrected chi connectivity index (χ3v) is 4.34. The van der Waals surface area contributed by atoms with Crippen LogP contribution < -0.4 is 16.2 Å². The second-order valence-corrected chi connectivity index (χ2v) is 6.55. The lowest BCUT2D eigenvalue weighted by Gasteiger charge is -2.14. The Morgan fingerprint density at radius 2 is 1.89 bits per heavy atom. The van der Waals surface area contributed by atoms with Gasteiger partial charge in [0.15, 0.2) is 0 Å². The summed E-state index contributed by atoms with van der Waals surface area (Å²) in [6.07, 6.45) is 0. The predicted molar refractivity (Wildman–Crippen MR) is 106 cm³/mol. The standard InChI is InChI=1S/C20H18ClFN4O2/c1-13-10-19(28)26(20(24-13)25-16-8-6-15(22)7-9-16)12-18(27)23-11-14-4-2-3-5-17(14)21/h2-10H,11-12H2,1H3,(H,23,27)(H,24,25). The van der Waals surface area contributed by atoms with E-state index in [1.165, 1.54) is 34.9 Å². The van der Waals surface area contributed by atoms with Crippen LogP contribution in [0.15, 0.2) is 59.4 Å².